The summed E-state index contributed by atoms with van der Waals surface area (Å²) in [6, 6.07) is 0.0942. The van der Waals surface area contributed by atoms with Crippen LogP contribution in [0.15, 0.2) is 10.7 Å². The Balaban J connectivity index is 2.42. The van der Waals surface area contributed by atoms with E-state index in [9.17, 15) is 0 Å². The Kier molecular flexibility index (Phi) is 5.06. The van der Waals surface area contributed by atoms with E-state index in [0.717, 1.165) is 40.2 Å². The van der Waals surface area contributed by atoms with Gasteiger partial charge in [-0.15, -0.1) is 5.10 Å². The molecule has 0 saturated carbocycles. The highest BCUT2D eigenvalue weighted by Gasteiger charge is 2.24. The lowest BCUT2D eigenvalue weighted by molar-refractivity contribution is 0.531. The maximum Gasteiger partial charge on any atom is 0.0888 e. The molecule has 2 aromatic heterocycles. The fraction of sp³-hybridized carbons (Fsp3) is 0.583. The molecule has 0 bridgehead atoms. The number of hydrogen-bond donors (Lipinski definition) is 1. The van der Waals surface area contributed by atoms with Crippen molar-refractivity contribution in [1.82, 2.24) is 24.7 Å². The first-order valence-corrected chi connectivity index (χ1v) is 7.99. The molecule has 0 aliphatic carbocycles. The molecule has 1 atom stereocenters. The van der Waals surface area contributed by atoms with Crippen molar-refractivity contribution in [3.63, 3.8) is 0 Å². The predicted octanol–water partition coefficient (Wildman–Crippen LogP) is 2.91. The molecule has 0 aliphatic heterocycles. The highest BCUT2D eigenvalue weighted by molar-refractivity contribution is 9.10. The van der Waals surface area contributed by atoms with Crippen LogP contribution in [0.3, 0.4) is 0 Å². The van der Waals surface area contributed by atoms with Gasteiger partial charge < -0.3 is 5.32 Å². The van der Waals surface area contributed by atoms with Gasteiger partial charge >= 0.3 is 0 Å². The molecule has 0 saturated heterocycles. The van der Waals surface area contributed by atoms with E-state index in [-0.39, 0.29) is 6.04 Å². The first-order valence-electron chi connectivity index (χ1n) is 6.42. The van der Waals surface area contributed by atoms with Gasteiger partial charge in [-0.2, -0.15) is 5.10 Å². The van der Waals surface area contributed by atoms with Gasteiger partial charge in [0.2, 0.25) is 0 Å². The van der Waals surface area contributed by atoms with Crippen LogP contribution < -0.4 is 5.32 Å². The molecule has 0 aromatic carbocycles. The van der Waals surface area contributed by atoms with Crippen LogP contribution in [0.1, 0.15) is 42.6 Å². The quantitative estimate of drug-likeness (QED) is 0.875. The Morgan fingerprint density at radius 3 is 2.84 bits per heavy atom. The Labute approximate surface area is 125 Å². The summed E-state index contributed by atoms with van der Waals surface area (Å²) in [6.45, 7) is 8.05. The molecule has 2 rings (SSSR count). The van der Waals surface area contributed by atoms with E-state index >= 15 is 0 Å². The van der Waals surface area contributed by atoms with E-state index < -0.39 is 0 Å². The number of hydrogen-bond acceptors (Lipinski definition) is 5. The molecule has 2 aromatic rings. The molecule has 104 valence electrons. The van der Waals surface area contributed by atoms with Crippen molar-refractivity contribution in [2.75, 3.05) is 6.54 Å². The summed E-state index contributed by atoms with van der Waals surface area (Å²) >= 11 is 5.05. The number of rotatable bonds is 6. The first kappa shape index (κ1) is 14.6. The molecule has 19 heavy (non-hydrogen) atoms. The van der Waals surface area contributed by atoms with Gasteiger partial charge in [0.15, 0.2) is 0 Å². The highest BCUT2D eigenvalue weighted by Crippen LogP contribution is 2.31. The molecular formula is C12H18BrN5S. The third-order valence-corrected chi connectivity index (χ3v) is 4.46. The molecule has 0 fully saturated rings. The molecule has 0 radical (unpaired) electrons. The molecule has 0 amide bonds. The molecule has 7 heteroatoms. The van der Waals surface area contributed by atoms with Crippen LogP contribution in [-0.2, 0) is 6.54 Å². The third-order valence-electron chi connectivity index (χ3n) is 2.95. The lowest BCUT2D eigenvalue weighted by Crippen LogP contribution is -2.26. The molecule has 0 spiro atoms. The SMILES string of the molecule is CCCNC(c1snnc1C)c1c(Br)cnn1CC. The molecule has 2 heterocycles. The number of halogens is 1. The van der Waals surface area contributed by atoms with Crippen LogP contribution in [0.25, 0.3) is 0 Å². The van der Waals surface area contributed by atoms with Crippen molar-refractivity contribution in [1.29, 1.82) is 0 Å². The average Bonchev–Trinajstić information content (AvgIpc) is 2.98. The van der Waals surface area contributed by atoms with E-state index in [1.54, 1.807) is 0 Å². The van der Waals surface area contributed by atoms with Crippen molar-refractivity contribution < 1.29 is 0 Å². The highest BCUT2D eigenvalue weighted by atomic mass is 79.9. The third kappa shape index (κ3) is 3.04. The zero-order valence-electron chi connectivity index (χ0n) is 11.4. The predicted molar refractivity (Wildman–Crippen MR) is 80.4 cm³/mol. The Morgan fingerprint density at radius 1 is 1.47 bits per heavy atom. The van der Waals surface area contributed by atoms with Gasteiger partial charge in [-0.05, 0) is 54.3 Å². The van der Waals surface area contributed by atoms with E-state index in [4.69, 9.17) is 0 Å². The summed E-state index contributed by atoms with van der Waals surface area (Å²) in [5.74, 6) is 0. The van der Waals surface area contributed by atoms with Crippen molar-refractivity contribution in [3.05, 3.63) is 26.9 Å². The van der Waals surface area contributed by atoms with Crippen molar-refractivity contribution in [2.45, 2.75) is 39.8 Å². The minimum atomic E-state index is 0.0942. The molecule has 0 aliphatic rings. The summed E-state index contributed by atoms with van der Waals surface area (Å²) in [5, 5.41) is 12.1. The number of aryl methyl sites for hydroxylation is 2. The van der Waals surface area contributed by atoms with Crippen LogP contribution in [0.4, 0.5) is 0 Å². The van der Waals surface area contributed by atoms with Gasteiger partial charge in [-0.3, -0.25) is 4.68 Å². The van der Waals surface area contributed by atoms with Crippen molar-refractivity contribution in [3.8, 4) is 0 Å². The van der Waals surface area contributed by atoms with E-state index in [1.807, 2.05) is 17.8 Å². The molecule has 1 N–H and O–H groups in total. The standard InChI is InChI=1S/C12H18BrN5S/c1-4-6-14-10(12-8(3)16-17-19-12)11-9(13)7-15-18(11)5-2/h7,10,14H,4-6H2,1-3H3. The zero-order chi connectivity index (χ0) is 13.8. The fourth-order valence-electron chi connectivity index (χ4n) is 2.02. The van der Waals surface area contributed by atoms with Gasteiger partial charge in [0.1, 0.15) is 0 Å². The normalized spacial score (nSPS) is 12.8. The zero-order valence-corrected chi connectivity index (χ0v) is 13.8. The van der Waals surface area contributed by atoms with Gasteiger partial charge in [-0.1, -0.05) is 11.4 Å². The maximum absolute atomic E-state index is 4.40. The van der Waals surface area contributed by atoms with Gasteiger partial charge in [0.05, 0.1) is 33.0 Å². The second-order valence-electron chi connectivity index (χ2n) is 4.30. The van der Waals surface area contributed by atoms with Gasteiger partial charge in [0, 0.05) is 6.54 Å². The molecular weight excluding hydrogens is 326 g/mol. The van der Waals surface area contributed by atoms with Crippen LogP contribution in [0, 0.1) is 6.92 Å². The van der Waals surface area contributed by atoms with Crippen molar-refractivity contribution in [2.24, 2.45) is 0 Å². The lowest BCUT2D eigenvalue weighted by Gasteiger charge is -2.19. The Bertz CT molecular complexity index is 536. The first-order chi connectivity index (χ1) is 9.19. The van der Waals surface area contributed by atoms with Gasteiger partial charge in [0.25, 0.3) is 0 Å². The van der Waals surface area contributed by atoms with E-state index in [1.165, 1.54) is 11.5 Å². The van der Waals surface area contributed by atoms with E-state index in [2.05, 4.69) is 49.8 Å². The topological polar surface area (TPSA) is 55.6 Å². The Hall–Kier alpha value is -0.790. The second-order valence-corrected chi connectivity index (χ2v) is 5.94. The average molecular weight is 344 g/mol. The van der Waals surface area contributed by atoms with Crippen molar-refractivity contribution >= 4 is 27.5 Å². The number of nitrogens with zero attached hydrogens (tertiary/aromatic N) is 4. The summed E-state index contributed by atoms with van der Waals surface area (Å²) in [6.07, 6.45) is 2.93. The smallest absolute Gasteiger partial charge is 0.0888 e. The lowest BCUT2D eigenvalue weighted by atomic mass is 10.1. The fourth-order valence-corrected chi connectivity index (χ4v) is 3.27. The van der Waals surface area contributed by atoms with E-state index in [0.29, 0.717) is 0 Å². The summed E-state index contributed by atoms with van der Waals surface area (Å²) in [5.41, 5.74) is 2.12. The summed E-state index contributed by atoms with van der Waals surface area (Å²) in [7, 11) is 0. The minimum absolute atomic E-state index is 0.0942. The number of aromatic nitrogens is 4. The summed E-state index contributed by atoms with van der Waals surface area (Å²) in [4.78, 5) is 1.16. The summed E-state index contributed by atoms with van der Waals surface area (Å²) < 4.78 is 7.09. The van der Waals surface area contributed by atoms with Crippen LogP contribution in [0.5, 0.6) is 0 Å². The minimum Gasteiger partial charge on any atom is -0.304 e. The van der Waals surface area contributed by atoms with Crippen LogP contribution in [-0.4, -0.2) is 25.9 Å². The van der Waals surface area contributed by atoms with Crippen LogP contribution in [0.2, 0.25) is 0 Å². The largest absolute Gasteiger partial charge is 0.304 e. The van der Waals surface area contributed by atoms with Gasteiger partial charge in [-0.25, -0.2) is 0 Å². The molecule has 1 unspecified atom stereocenters. The Morgan fingerprint density at radius 2 is 2.26 bits per heavy atom. The number of nitrogens with one attached hydrogen (secondary N) is 1. The monoisotopic (exact) mass is 343 g/mol. The second kappa shape index (κ2) is 6.58. The maximum atomic E-state index is 4.40. The molecule has 5 nitrogen and oxygen atoms in total. The van der Waals surface area contributed by atoms with Crippen LogP contribution >= 0.6 is 27.5 Å².